The van der Waals surface area contributed by atoms with E-state index in [0.717, 1.165) is 25.7 Å². The first-order valence-electron chi connectivity index (χ1n) is 4.95. The second-order valence-corrected chi connectivity index (χ2v) is 4.34. The molecule has 2 fully saturated rings. The fourth-order valence-electron chi connectivity index (χ4n) is 1.81. The predicted octanol–water partition coefficient (Wildman–Crippen LogP) is 0.000300. The second-order valence-electron chi connectivity index (χ2n) is 3.64. The Hall–Kier alpha value is -0.710. The van der Waals surface area contributed by atoms with Crippen LogP contribution < -0.4 is 10.6 Å². The van der Waals surface area contributed by atoms with E-state index in [1.54, 1.807) is 0 Å². The molecule has 0 aromatic heterocycles. The molecule has 2 aliphatic rings. The molecule has 7 heteroatoms. The van der Waals surface area contributed by atoms with E-state index in [-0.39, 0.29) is 21.0 Å². The van der Waals surface area contributed by atoms with Gasteiger partial charge in [0.2, 0.25) is 0 Å². The molecular weight excluding hydrogens is 219 g/mol. The first-order valence-corrected chi connectivity index (χ1v) is 5.86. The molecule has 15 heavy (non-hydrogen) atoms. The quantitative estimate of drug-likeness (QED) is 0.452. The summed E-state index contributed by atoms with van der Waals surface area (Å²) in [5.74, 6) is -1.93. The maximum Gasteiger partial charge on any atom is 0.436 e. The minimum absolute atomic E-state index is 0.0738. The molecule has 3 atom stereocenters. The van der Waals surface area contributed by atoms with Gasteiger partial charge in [-0.3, -0.25) is 5.09 Å². The molecule has 1 saturated heterocycles. The summed E-state index contributed by atoms with van der Waals surface area (Å²) < 4.78 is 4.69. The van der Waals surface area contributed by atoms with E-state index in [2.05, 4.69) is 19.9 Å². The van der Waals surface area contributed by atoms with Crippen LogP contribution >= 0.6 is 8.96 Å². The van der Waals surface area contributed by atoms with Crippen molar-refractivity contribution in [3.8, 4) is 0 Å². The third-order valence-electron chi connectivity index (χ3n) is 2.62. The fraction of sp³-hybridized carbons (Fsp3) is 0.750. The molecule has 0 spiro atoms. The van der Waals surface area contributed by atoms with Gasteiger partial charge in [-0.05, 0) is 12.8 Å². The first-order chi connectivity index (χ1) is 7.27. The van der Waals surface area contributed by atoms with Gasteiger partial charge in [0, 0.05) is 6.04 Å². The summed E-state index contributed by atoms with van der Waals surface area (Å²) in [5, 5.41) is 3.10. The number of rotatable bonds is 0. The minimum Gasteiger partial charge on any atom is -0.423 e. The molecule has 0 bridgehead atoms. The van der Waals surface area contributed by atoms with Crippen molar-refractivity contribution in [3.05, 3.63) is 0 Å². The Balaban J connectivity index is 2.00. The number of carbonyl (C=O) groups excluding carboxylic acids is 2. The largest absolute Gasteiger partial charge is 0.436 e. The van der Waals surface area contributed by atoms with E-state index in [0.29, 0.717) is 0 Å². The van der Waals surface area contributed by atoms with E-state index in [1.165, 1.54) is 0 Å². The van der Waals surface area contributed by atoms with Crippen molar-refractivity contribution in [2.24, 2.45) is 0 Å². The van der Waals surface area contributed by atoms with E-state index in [1.807, 2.05) is 0 Å². The number of hydrogen-bond acceptors (Lipinski definition) is 6. The van der Waals surface area contributed by atoms with Crippen molar-refractivity contribution in [1.29, 1.82) is 0 Å². The molecule has 1 aliphatic carbocycles. The van der Waals surface area contributed by atoms with E-state index in [4.69, 9.17) is 0 Å². The lowest BCUT2D eigenvalue weighted by Gasteiger charge is -2.30. The van der Waals surface area contributed by atoms with Gasteiger partial charge >= 0.3 is 11.9 Å². The van der Waals surface area contributed by atoms with Gasteiger partial charge in [-0.15, -0.1) is 5.48 Å². The van der Waals surface area contributed by atoms with Gasteiger partial charge in [0.25, 0.3) is 0 Å². The molecule has 1 aliphatic heterocycles. The lowest BCUT2D eigenvalue weighted by Crippen LogP contribution is -2.47. The van der Waals surface area contributed by atoms with Crippen LogP contribution in [0.2, 0.25) is 0 Å². The third-order valence-corrected chi connectivity index (χ3v) is 3.40. The van der Waals surface area contributed by atoms with E-state index in [9.17, 15) is 9.59 Å². The topological polar surface area (TPSA) is 76.7 Å². The zero-order valence-electron chi connectivity index (χ0n) is 8.12. The van der Waals surface area contributed by atoms with Gasteiger partial charge in [-0.1, -0.05) is 12.8 Å². The molecule has 3 unspecified atom stereocenters. The summed E-state index contributed by atoms with van der Waals surface area (Å²) in [6, 6.07) is 0.278. The molecule has 1 saturated carbocycles. The predicted molar refractivity (Wildman–Crippen MR) is 52.8 cm³/mol. The maximum atomic E-state index is 11.0. The van der Waals surface area contributed by atoms with Gasteiger partial charge in [-0.25, -0.2) is 9.59 Å². The van der Waals surface area contributed by atoms with Crippen LogP contribution in [0.1, 0.15) is 25.7 Å². The van der Waals surface area contributed by atoms with E-state index >= 15 is 0 Å². The summed E-state index contributed by atoms with van der Waals surface area (Å²) in [6.07, 6.45) is 4.18. The average molecular weight is 232 g/mol. The Morgan fingerprint density at radius 3 is 2.67 bits per heavy atom. The highest BCUT2D eigenvalue weighted by atomic mass is 31.1. The fourth-order valence-corrected chi connectivity index (χ4v) is 2.54. The van der Waals surface area contributed by atoms with E-state index < -0.39 is 11.9 Å². The van der Waals surface area contributed by atoms with Crippen LogP contribution in [0.3, 0.4) is 0 Å². The lowest BCUT2D eigenvalue weighted by molar-refractivity contribution is -0.168. The van der Waals surface area contributed by atoms with Crippen LogP contribution in [-0.2, 0) is 19.0 Å². The van der Waals surface area contributed by atoms with Gasteiger partial charge in [0.05, 0.1) is 6.04 Å². The van der Waals surface area contributed by atoms with Gasteiger partial charge in [0.1, 0.15) is 0 Å². The molecule has 1 heterocycles. The Morgan fingerprint density at radius 2 is 1.87 bits per heavy atom. The molecular formula is C8H13N2O4P. The molecule has 0 amide bonds. The molecule has 6 nitrogen and oxygen atoms in total. The number of fused-ring (bicyclic) bond motifs is 1. The number of carbonyl (C=O) groups is 2. The van der Waals surface area contributed by atoms with Gasteiger partial charge < -0.3 is 9.36 Å². The summed E-state index contributed by atoms with van der Waals surface area (Å²) in [5.41, 5.74) is 2.64. The maximum absolute atomic E-state index is 11.0. The zero-order valence-corrected chi connectivity index (χ0v) is 9.12. The SMILES string of the molecule is O=C1ONC2CCCCC2NPOC1=O. The van der Waals surface area contributed by atoms with Crippen LogP contribution in [0.25, 0.3) is 0 Å². The van der Waals surface area contributed by atoms with Crippen molar-refractivity contribution < 1.29 is 19.0 Å². The summed E-state index contributed by atoms with van der Waals surface area (Å²) in [4.78, 5) is 26.6. The molecule has 84 valence electrons. The molecule has 0 aromatic rings. The number of nitrogens with one attached hydrogen (secondary N) is 2. The molecule has 2 N–H and O–H groups in total. The van der Waals surface area contributed by atoms with Crippen LogP contribution in [0.4, 0.5) is 0 Å². The zero-order chi connectivity index (χ0) is 10.7. The molecule has 0 aromatic carbocycles. The van der Waals surface area contributed by atoms with Gasteiger partial charge in [0.15, 0.2) is 8.96 Å². The third kappa shape index (κ3) is 2.65. The smallest absolute Gasteiger partial charge is 0.423 e. The monoisotopic (exact) mass is 232 g/mol. The van der Waals surface area contributed by atoms with Crippen molar-refractivity contribution in [3.63, 3.8) is 0 Å². The minimum atomic E-state index is -0.976. The van der Waals surface area contributed by atoms with Crippen LogP contribution in [-0.4, -0.2) is 24.0 Å². The Morgan fingerprint density at radius 1 is 1.13 bits per heavy atom. The van der Waals surface area contributed by atoms with Crippen molar-refractivity contribution in [2.75, 3.05) is 0 Å². The highest BCUT2D eigenvalue weighted by Crippen LogP contribution is 2.23. The molecule has 2 rings (SSSR count). The average Bonchev–Trinajstić information content (AvgIpc) is 2.32. The van der Waals surface area contributed by atoms with Crippen LogP contribution in [0, 0.1) is 0 Å². The Kier molecular flexibility index (Phi) is 3.51. The first kappa shape index (κ1) is 10.8. The second kappa shape index (κ2) is 4.88. The van der Waals surface area contributed by atoms with Crippen molar-refractivity contribution in [1.82, 2.24) is 10.6 Å². The van der Waals surface area contributed by atoms with Crippen molar-refractivity contribution in [2.45, 2.75) is 37.8 Å². The summed E-state index contributed by atoms with van der Waals surface area (Å²) in [6.45, 7) is 0. The summed E-state index contributed by atoms with van der Waals surface area (Å²) in [7, 11) is -0.178. The number of hydroxylamine groups is 1. The number of hydrogen-bond donors (Lipinski definition) is 2. The van der Waals surface area contributed by atoms with Crippen LogP contribution in [0.15, 0.2) is 0 Å². The van der Waals surface area contributed by atoms with Crippen LogP contribution in [0.5, 0.6) is 0 Å². The highest BCUT2D eigenvalue weighted by molar-refractivity contribution is 7.30. The lowest BCUT2D eigenvalue weighted by atomic mass is 9.92. The Bertz CT molecular complexity index is 273. The van der Waals surface area contributed by atoms with Gasteiger partial charge in [-0.2, -0.15) is 0 Å². The molecule has 0 radical (unpaired) electrons. The highest BCUT2D eigenvalue weighted by Gasteiger charge is 2.29. The normalized spacial score (nSPS) is 34.4. The summed E-state index contributed by atoms with van der Waals surface area (Å²) >= 11 is 0. The standard InChI is InChI=1S/C8H13N2O4P/c11-7-8(12)14-15-10-6-4-2-1-3-5(6)9-13-7/h5-6,9-10,15H,1-4H2. The van der Waals surface area contributed by atoms with Crippen molar-refractivity contribution >= 4 is 20.9 Å². The Labute approximate surface area is 88.9 Å².